The molecule has 2 aromatic rings. The average Bonchev–Trinajstić information content (AvgIpc) is 2.41. The van der Waals surface area contributed by atoms with E-state index < -0.39 is 0 Å². The normalized spacial score (nSPS) is 11.9. The Morgan fingerprint density at radius 1 is 0.947 bits per heavy atom. The number of nitrogens with zero attached hydrogens (tertiary/aromatic N) is 2. The summed E-state index contributed by atoms with van der Waals surface area (Å²) >= 11 is 0. The fraction of sp³-hybridized carbons (Fsp3) is 0.0667. The molecule has 0 spiro atoms. The number of phenolic OH excluding ortho intramolecular Hbond substituents is 2. The van der Waals surface area contributed by atoms with Crippen LogP contribution in [-0.4, -0.2) is 22.1 Å². The first-order valence-corrected chi connectivity index (χ1v) is 5.82. The third-order valence-corrected chi connectivity index (χ3v) is 2.64. The lowest BCUT2D eigenvalue weighted by atomic mass is 10.1. The summed E-state index contributed by atoms with van der Waals surface area (Å²) in [6, 6.07) is 13.8. The SMILES string of the molecule is C/C(=N\N=C\c1ccccc1O)c1ccccc1O. The number of para-hydroxylation sites is 2. The van der Waals surface area contributed by atoms with Crippen LogP contribution in [0.3, 0.4) is 0 Å². The Morgan fingerprint density at radius 3 is 2.26 bits per heavy atom. The van der Waals surface area contributed by atoms with E-state index in [-0.39, 0.29) is 11.5 Å². The monoisotopic (exact) mass is 254 g/mol. The second kappa shape index (κ2) is 5.82. The van der Waals surface area contributed by atoms with Gasteiger partial charge in [0, 0.05) is 11.1 Å². The van der Waals surface area contributed by atoms with Crippen LogP contribution in [0.25, 0.3) is 0 Å². The van der Waals surface area contributed by atoms with Gasteiger partial charge < -0.3 is 10.2 Å². The minimum atomic E-state index is 0.154. The molecule has 0 aliphatic carbocycles. The van der Waals surface area contributed by atoms with Crippen molar-refractivity contribution in [1.29, 1.82) is 0 Å². The lowest BCUT2D eigenvalue weighted by Gasteiger charge is -2.01. The first-order valence-electron chi connectivity index (χ1n) is 5.82. The number of hydrogen-bond donors (Lipinski definition) is 2. The summed E-state index contributed by atoms with van der Waals surface area (Å²) in [4.78, 5) is 0. The molecule has 2 aromatic carbocycles. The Hall–Kier alpha value is -2.62. The minimum absolute atomic E-state index is 0.154. The van der Waals surface area contributed by atoms with Gasteiger partial charge in [0.25, 0.3) is 0 Å². The van der Waals surface area contributed by atoms with Crippen LogP contribution in [0.4, 0.5) is 0 Å². The molecule has 0 bridgehead atoms. The van der Waals surface area contributed by atoms with Gasteiger partial charge in [-0.15, -0.1) is 0 Å². The van der Waals surface area contributed by atoms with Crippen molar-refractivity contribution in [3.8, 4) is 11.5 Å². The topological polar surface area (TPSA) is 65.2 Å². The van der Waals surface area contributed by atoms with E-state index in [1.807, 2.05) is 6.07 Å². The van der Waals surface area contributed by atoms with Crippen molar-refractivity contribution in [2.45, 2.75) is 6.92 Å². The summed E-state index contributed by atoms with van der Waals surface area (Å²) in [7, 11) is 0. The molecule has 0 radical (unpaired) electrons. The zero-order valence-corrected chi connectivity index (χ0v) is 10.5. The molecule has 2 N–H and O–H groups in total. The van der Waals surface area contributed by atoms with E-state index in [1.54, 1.807) is 49.4 Å². The predicted octanol–water partition coefficient (Wildman–Crippen LogP) is 2.94. The largest absolute Gasteiger partial charge is 0.507 e. The van der Waals surface area contributed by atoms with Crippen LogP contribution in [0, 0.1) is 0 Å². The Bertz CT molecular complexity index is 634. The fourth-order valence-electron chi connectivity index (χ4n) is 1.61. The average molecular weight is 254 g/mol. The molecule has 96 valence electrons. The van der Waals surface area contributed by atoms with Crippen molar-refractivity contribution in [3.63, 3.8) is 0 Å². The molecule has 0 unspecified atom stereocenters. The third kappa shape index (κ3) is 3.19. The zero-order chi connectivity index (χ0) is 13.7. The van der Waals surface area contributed by atoms with Crippen LogP contribution in [0.1, 0.15) is 18.1 Å². The van der Waals surface area contributed by atoms with Crippen LogP contribution in [0.2, 0.25) is 0 Å². The summed E-state index contributed by atoms with van der Waals surface area (Å²) in [5.41, 5.74) is 1.83. The van der Waals surface area contributed by atoms with E-state index >= 15 is 0 Å². The second-order valence-electron chi connectivity index (χ2n) is 4.01. The van der Waals surface area contributed by atoms with Crippen molar-refractivity contribution >= 4 is 11.9 Å². The highest BCUT2D eigenvalue weighted by Gasteiger charge is 2.02. The summed E-state index contributed by atoms with van der Waals surface area (Å²) in [5.74, 6) is 0.322. The Kier molecular flexibility index (Phi) is 3.93. The van der Waals surface area contributed by atoms with Crippen molar-refractivity contribution in [2.75, 3.05) is 0 Å². The van der Waals surface area contributed by atoms with Gasteiger partial charge in [0.1, 0.15) is 11.5 Å². The van der Waals surface area contributed by atoms with Crippen LogP contribution in [0.5, 0.6) is 11.5 Å². The van der Waals surface area contributed by atoms with Crippen molar-refractivity contribution in [1.82, 2.24) is 0 Å². The molecule has 0 atom stereocenters. The van der Waals surface area contributed by atoms with Crippen LogP contribution in [0.15, 0.2) is 58.7 Å². The van der Waals surface area contributed by atoms with E-state index in [2.05, 4.69) is 10.2 Å². The highest BCUT2D eigenvalue weighted by Crippen LogP contribution is 2.17. The van der Waals surface area contributed by atoms with Gasteiger partial charge in [-0.05, 0) is 31.2 Å². The molecule has 2 rings (SSSR count). The minimum Gasteiger partial charge on any atom is -0.507 e. The van der Waals surface area contributed by atoms with Gasteiger partial charge in [0.2, 0.25) is 0 Å². The molecule has 0 saturated carbocycles. The summed E-state index contributed by atoms with van der Waals surface area (Å²) in [6.07, 6.45) is 1.47. The van der Waals surface area contributed by atoms with E-state index in [9.17, 15) is 10.2 Å². The molecule has 4 heteroatoms. The molecular weight excluding hydrogens is 240 g/mol. The fourth-order valence-corrected chi connectivity index (χ4v) is 1.61. The molecule has 4 nitrogen and oxygen atoms in total. The quantitative estimate of drug-likeness (QED) is 0.653. The molecule has 0 fully saturated rings. The molecule has 0 saturated heterocycles. The van der Waals surface area contributed by atoms with Crippen LogP contribution >= 0.6 is 0 Å². The molecule has 0 heterocycles. The maximum atomic E-state index is 9.67. The van der Waals surface area contributed by atoms with Gasteiger partial charge in [-0.2, -0.15) is 10.2 Å². The lowest BCUT2D eigenvalue weighted by Crippen LogP contribution is -1.94. The van der Waals surface area contributed by atoms with Gasteiger partial charge in [-0.25, -0.2) is 0 Å². The number of benzene rings is 2. The van der Waals surface area contributed by atoms with Crippen molar-refractivity contribution < 1.29 is 10.2 Å². The number of rotatable bonds is 3. The first kappa shape index (κ1) is 12.8. The third-order valence-electron chi connectivity index (χ3n) is 2.64. The van der Waals surface area contributed by atoms with E-state index in [0.29, 0.717) is 16.8 Å². The van der Waals surface area contributed by atoms with E-state index in [1.165, 1.54) is 6.21 Å². The summed E-state index contributed by atoms with van der Waals surface area (Å²) in [5, 5.41) is 27.1. The highest BCUT2D eigenvalue weighted by atomic mass is 16.3. The maximum absolute atomic E-state index is 9.67. The molecule has 0 aromatic heterocycles. The zero-order valence-electron chi connectivity index (χ0n) is 10.5. The van der Waals surface area contributed by atoms with Gasteiger partial charge in [0.05, 0.1) is 11.9 Å². The van der Waals surface area contributed by atoms with Crippen molar-refractivity contribution in [2.24, 2.45) is 10.2 Å². The Labute approximate surface area is 111 Å². The van der Waals surface area contributed by atoms with E-state index in [4.69, 9.17) is 0 Å². The smallest absolute Gasteiger partial charge is 0.124 e. The molecule has 0 aliphatic rings. The van der Waals surface area contributed by atoms with Gasteiger partial charge >= 0.3 is 0 Å². The lowest BCUT2D eigenvalue weighted by molar-refractivity contribution is 0.473. The number of phenols is 2. The molecule has 19 heavy (non-hydrogen) atoms. The number of hydrogen-bond acceptors (Lipinski definition) is 4. The first-order chi connectivity index (χ1) is 9.18. The van der Waals surface area contributed by atoms with Crippen LogP contribution < -0.4 is 0 Å². The van der Waals surface area contributed by atoms with Gasteiger partial charge in [-0.1, -0.05) is 24.3 Å². The summed E-state index contributed by atoms with van der Waals surface area (Å²) < 4.78 is 0. The molecular formula is C15H14N2O2. The number of aromatic hydroxyl groups is 2. The van der Waals surface area contributed by atoms with E-state index in [0.717, 1.165) is 0 Å². The van der Waals surface area contributed by atoms with Gasteiger partial charge in [0.15, 0.2) is 0 Å². The summed E-state index contributed by atoms with van der Waals surface area (Å²) in [6.45, 7) is 1.76. The highest BCUT2D eigenvalue weighted by molar-refractivity contribution is 6.01. The standard InChI is InChI=1S/C15H14N2O2/c1-11(13-7-3-5-9-15(13)19)17-16-10-12-6-2-4-8-14(12)18/h2-10,18-19H,1H3/b16-10+,17-11+. The second-order valence-corrected chi connectivity index (χ2v) is 4.01. The molecule has 0 aliphatic heterocycles. The molecule has 0 amide bonds. The Balaban J connectivity index is 2.19. The Morgan fingerprint density at radius 2 is 1.58 bits per heavy atom. The maximum Gasteiger partial charge on any atom is 0.124 e. The van der Waals surface area contributed by atoms with Crippen molar-refractivity contribution in [3.05, 3.63) is 59.7 Å². The van der Waals surface area contributed by atoms with Crippen LogP contribution in [-0.2, 0) is 0 Å². The van der Waals surface area contributed by atoms with Gasteiger partial charge in [-0.3, -0.25) is 0 Å². The predicted molar refractivity (Wildman–Crippen MR) is 76.0 cm³/mol.